The first kappa shape index (κ1) is 28.8. The van der Waals surface area contributed by atoms with Gasteiger partial charge in [0, 0.05) is 18.0 Å². The van der Waals surface area contributed by atoms with E-state index in [-0.39, 0.29) is 23.3 Å². The lowest BCUT2D eigenvalue weighted by atomic mass is 9.54. The molecule has 12 heteroatoms. The maximum absolute atomic E-state index is 14.2. The minimum Gasteiger partial charge on any atom is -0.508 e. The molecule has 6 N–H and O–H groups in total. The molecule has 1 amide bonds. The third-order valence-corrected chi connectivity index (χ3v) is 9.06. The second-order valence-electron chi connectivity index (χ2n) is 11.6. The molecule has 0 bridgehead atoms. The van der Waals surface area contributed by atoms with Crippen LogP contribution in [0.25, 0.3) is 5.76 Å². The minimum absolute atomic E-state index is 0.00592. The lowest BCUT2D eigenvalue weighted by molar-refractivity contribution is -0.185. The predicted molar refractivity (Wildman–Crippen MR) is 145 cm³/mol. The van der Waals surface area contributed by atoms with Gasteiger partial charge in [-0.3, -0.25) is 24.1 Å². The Bertz CT molecular complexity index is 1390. The number of aliphatic hydroxyl groups excluding tert-OH is 2. The number of aliphatic hydroxyl groups is 3. The lowest BCUT2D eigenvalue weighted by Gasteiger charge is -2.54. The Kier molecular flexibility index (Phi) is 7.21. The number of likely N-dealkylation sites (tertiary alicyclic amines) is 1. The summed E-state index contributed by atoms with van der Waals surface area (Å²) in [5, 5.41) is 45.3. The fourth-order valence-electron chi connectivity index (χ4n) is 7.15. The number of esters is 1. The van der Waals surface area contributed by atoms with Gasteiger partial charge in [-0.25, -0.2) is 0 Å². The Hall–Kier alpha value is -3.74. The highest BCUT2D eigenvalue weighted by Gasteiger charge is 2.69. The molecule has 0 radical (unpaired) electrons. The van der Waals surface area contributed by atoms with Crippen molar-refractivity contribution in [1.29, 1.82) is 0 Å². The summed E-state index contributed by atoms with van der Waals surface area (Å²) in [7, 11) is 2.97. The van der Waals surface area contributed by atoms with E-state index in [9.17, 15) is 39.6 Å². The smallest absolute Gasteiger partial charge is 0.307 e. The summed E-state index contributed by atoms with van der Waals surface area (Å²) in [5.74, 6) is -9.59. The second kappa shape index (κ2) is 10.3. The fraction of sp³-hybridized carbons (Fsp3) is 0.517. The minimum atomic E-state index is -2.95. The largest absolute Gasteiger partial charge is 0.508 e. The SMILES string of the molecule is CC1c2cccc(O)c2C(O)=C2C(=O)C3(O)C(O)=C(C(N)=O)C(=O)C(N(C)C)C3C(OC(=O)CCN3CCCC3)C21. The maximum atomic E-state index is 14.2. The van der Waals surface area contributed by atoms with Gasteiger partial charge in [-0.1, -0.05) is 19.1 Å². The van der Waals surface area contributed by atoms with Crippen molar-refractivity contribution in [2.24, 2.45) is 17.6 Å². The highest BCUT2D eigenvalue weighted by Crippen LogP contribution is 2.56. The van der Waals surface area contributed by atoms with Crippen molar-refractivity contribution < 1.29 is 44.3 Å². The molecule has 1 aromatic carbocycles. The molecule has 6 unspecified atom stereocenters. The van der Waals surface area contributed by atoms with E-state index in [1.54, 1.807) is 19.1 Å². The van der Waals surface area contributed by atoms with Crippen LogP contribution >= 0.6 is 0 Å². The summed E-state index contributed by atoms with van der Waals surface area (Å²) < 4.78 is 6.03. The summed E-state index contributed by atoms with van der Waals surface area (Å²) in [4.78, 5) is 56.9. The van der Waals surface area contributed by atoms with E-state index < -0.39 is 76.0 Å². The van der Waals surface area contributed by atoms with E-state index in [0.29, 0.717) is 12.1 Å². The summed E-state index contributed by atoms with van der Waals surface area (Å²) in [6.07, 6.45) is 0.636. The average Bonchev–Trinajstić information content (AvgIpc) is 3.42. The van der Waals surface area contributed by atoms with Crippen LogP contribution in [0.5, 0.6) is 5.75 Å². The Morgan fingerprint density at radius 3 is 2.41 bits per heavy atom. The van der Waals surface area contributed by atoms with Gasteiger partial charge in [-0.2, -0.15) is 0 Å². The van der Waals surface area contributed by atoms with Gasteiger partial charge in [0.2, 0.25) is 5.78 Å². The van der Waals surface area contributed by atoms with E-state index in [2.05, 4.69) is 4.90 Å². The van der Waals surface area contributed by atoms with Gasteiger partial charge in [-0.15, -0.1) is 0 Å². The summed E-state index contributed by atoms with van der Waals surface area (Å²) in [6.45, 7) is 3.84. The number of phenols is 1. The zero-order chi connectivity index (χ0) is 30.0. The summed E-state index contributed by atoms with van der Waals surface area (Å²) in [5.41, 5.74) is 1.57. The third kappa shape index (κ3) is 4.23. The highest BCUT2D eigenvalue weighted by atomic mass is 16.5. The number of carbonyl (C=O) groups excluding carboxylic acids is 4. The number of ether oxygens (including phenoxy) is 1. The van der Waals surface area contributed by atoms with Crippen LogP contribution in [-0.4, -0.2) is 105 Å². The number of hydrogen-bond acceptors (Lipinski definition) is 11. The molecular weight excluding hydrogens is 534 g/mol. The molecule has 1 aliphatic heterocycles. The van der Waals surface area contributed by atoms with Gasteiger partial charge in [-0.05, 0) is 57.6 Å². The van der Waals surface area contributed by atoms with Crippen LogP contribution in [0.2, 0.25) is 0 Å². The number of amides is 1. The number of hydrogen-bond donors (Lipinski definition) is 5. The first-order chi connectivity index (χ1) is 19.3. The van der Waals surface area contributed by atoms with Crippen LogP contribution in [0.1, 0.15) is 43.2 Å². The number of aromatic hydroxyl groups is 1. The van der Waals surface area contributed by atoms with Crippen LogP contribution in [-0.2, 0) is 23.9 Å². The van der Waals surface area contributed by atoms with Gasteiger partial charge < -0.3 is 35.8 Å². The number of phenolic OH excluding ortho intramolecular Hbond substituents is 1. The molecule has 6 atom stereocenters. The highest BCUT2D eigenvalue weighted by molar-refractivity contribution is 6.24. The van der Waals surface area contributed by atoms with Crippen molar-refractivity contribution in [1.82, 2.24) is 9.80 Å². The van der Waals surface area contributed by atoms with E-state index in [4.69, 9.17) is 10.5 Å². The van der Waals surface area contributed by atoms with Crippen LogP contribution in [0.15, 0.2) is 35.1 Å². The molecule has 1 saturated heterocycles. The number of carbonyl (C=O) groups is 4. The lowest BCUT2D eigenvalue weighted by Crippen LogP contribution is -2.71. The average molecular weight is 570 g/mol. The standard InChI is InChI=1S/C29H35N3O9/c1-13-14-7-6-8-15(33)18(14)23(35)19-17(13)25(41-16(34)9-12-32-10-4-5-11-32)21-22(31(2)3)24(36)20(28(30)39)27(38)29(21,40)26(19)37/h6-8,13,17,21-22,25,33,35,38,40H,4-5,9-12H2,1-3H3,(H2,30,39). The second-order valence-corrected chi connectivity index (χ2v) is 11.6. The molecule has 12 nitrogen and oxygen atoms in total. The van der Waals surface area contributed by atoms with Crippen LogP contribution in [0.3, 0.4) is 0 Å². The molecule has 4 aliphatic rings. The molecule has 1 saturated carbocycles. The maximum Gasteiger partial charge on any atom is 0.307 e. The third-order valence-electron chi connectivity index (χ3n) is 9.06. The van der Waals surface area contributed by atoms with Gasteiger partial charge in [0.15, 0.2) is 11.4 Å². The molecule has 2 fully saturated rings. The zero-order valence-electron chi connectivity index (χ0n) is 23.2. The Labute approximate surface area is 236 Å². The number of fused-ring (bicyclic) bond motifs is 3. The number of rotatable bonds is 6. The fourth-order valence-corrected chi connectivity index (χ4v) is 7.15. The number of primary amides is 1. The Morgan fingerprint density at radius 1 is 1.15 bits per heavy atom. The molecular formula is C29H35N3O9. The van der Waals surface area contributed by atoms with Crippen molar-refractivity contribution in [3.8, 4) is 5.75 Å². The summed E-state index contributed by atoms with van der Waals surface area (Å²) >= 11 is 0. The molecule has 5 rings (SSSR count). The molecule has 3 aliphatic carbocycles. The Morgan fingerprint density at radius 2 is 1.80 bits per heavy atom. The quantitative estimate of drug-likeness (QED) is 0.237. The summed E-state index contributed by atoms with van der Waals surface area (Å²) in [6, 6.07) is 3.15. The number of nitrogens with zero attached hydrogens (tertiary/aromatic N) is 2. The molecule has 0 spiro atoms. The van der Waals surface area contributed by atoms with Crippen LogP contribution < -0.4 is 5.73 Å². The number of nitrogens with two attached hydrogens (primary N) is 1. The molecule has 0 aromatic heterocycles. The van der Waals surface area contributed by atoms with Crippen molar-refractivity contribution in [3.05, 3.63) is 46.2 Å². The molecule has 41 heavy (non-hydrogen) atoms. The number of benzene rings is 1. The van der Waals surface area contributed by atoms with E-state index in [1.165, 1.54) is 25.1 Å². The van der Waals surface area contributed by atoms with Crippen molar-refractivity contribution in [2.75, 3.05) is 33.7 Å². The van der Waals surface area contributed by atoms with Crippen molar-refractivity contribution >= 4 is 29.2 Å². The van der Waals surface area contributed by atoms with Crippen molar-refractivity contribution in [3.63, 3.8) is 0 Å². The van der Waals surface area contributed by atoms with E-state index >= 15 is 0 Å². The predicted octanol–water partition coefficient (Wildman–Crippen LogP) is 0.533. The molecule has 220 valence electrons. The van der Waals surface area contributed by atoms with E-state index in [0.717, 1.165) is 25.9 Å². The van der Waals surface area contributed by atoms with E-state index in [1.807, 2.05) is 0 Å². The molecule has 1 aromatic rings. The van der Waals surface area contributed by atoms with Gasteiger partial charge in [0.25, 0.3) is 5.91 Å². The Balaban J connectivity index is 1.71. The van der Waals surface area contributed by atoms with Gasteiger partial charge in [0.1, 0.15) is 28.9 Å². The van der Waals surface area contributed by atoms with Gasteiger partial charge in [0.05, 0.1) is 23.9 Å². The van der Waals surface area contributed by atoms with Crippen molar-refractivity contribution in [2.45, 2.75) is 49.9 Å². The van der Waals surface area contributed by atoms with Crippen LogP contribution in [0, 0.1) is 11.8 Å². The number of likely N-dealkylation sites (N-methyl/N-ethyl adjacent to an activating group) is 1. The van der Waals surface area contributed by atoms with Gasteiger partial charge >= 0.3 is 5.97 Å². The topological polar surface area (TPSA) is 191 Å². The normalized spacial score (nSPS) is 31.7. The number of Topliss-reactive ketones (excluding diaryl/α,β-unsaturated/α-hetero) is 2. The monoisotopic (exact) mass is 569 g/mol. The first-order valence-corrected chi connectivity index (χ1v) is 13.7. The number of ketones is 2. The first-order valence-electron chi connectivity index (χ1n) is 13.7. The zero-order valence-corrected chi connectivity index (χ0v) is 23.2. The molecule has 1 heterocycles. The van der Waals surface area contributed by atoms with Crippen LogP contribution in [0.4, 0.5) is 0 Å².